The Morgan fingerprint density at radius 3 is 1.90 bits per heavy atom. The molecule has 0 bridgehead atoms. The van der Waals surface area contributed by atoms with Crippen LogP contribution in [0.5, 0.6) is 0 Å². The number of esters is 1. The second kappa shape index (κ2) is 8.45. The van der Waals surface area contributed by atoms with Gasteiger partial charge >= 0.3 is 5.97 Å². The summed E-state index contributed by atoms with van der Waals surface area (Å²) in [5, 5.41) is 0. The third kappa shape index (κ3) is 4.76. The van der Waals surface area contributed by atoms with Crippen LogP contribution in [0.25, 0.3) is 0 Å². The second-order valence-corrected chi connectivity index (χ2v) is 6.56. The van der Waals surface area contributed by atoms with Gasteiger partial charge in [0, 0.05) is 23.9 Å². The largest absolute Gasteiger partial charge is 0.463 e. The summed E-state index contributed by atoms with van der Waals surface area (Å²) in [4.78, 5) is 14.5. The molecule has 120 valence electrons. The fraction of sp³-hybridized carbons (Fsp3) is 0.833. The standard InChI is InChI=1S/C18H31NO2/c1-3-21-18(20)15(2)14-19(16-10-6-4-7-11-16)17-12-8-5-9-13-17/h14,16-17H,3-13H2,1-2H3. The van der Waals surface area contributed by atoms with Crippen LogP contribution >= 0.6 is 0 Å². The predicted octanol–water partition coefficient (Wildman–Crippen LogP) is 4.42. The molecule has 3 nitrogen and oxygen atoms in total. The second-order valence-electron chi connectivity index (χ2n) is 6.56. The Kier molecular flexibility index (Phi) is 6.59. The highest BCUT2D eigenvalue weighted by Crippen LogP contribution is 2.30. The van der Waals surface area contributed by atoms with Crippen molar-refractivity contribution in [1.29, 1.82) is 0 Å². The molecule has 2 rings (SSSR count). The molecule has 2 aliphatic carbocycles. The molecule has 0 aromatic rings. The molecule has 21 heavy (non-hydrogen) atoms. The molecular formula is C18H31NO2. The fourth-order valence-electron chi connectivity index (χ4n) is 3.79. The summed E-state index contributed by atoms with van der Waals surface area (Å²) in [5.74, 6) is -0.158. The van der Waals surface area contributed by atoms with Crippen molar-refractivity contribution in [2.75, 3.05) is 6.61 Å². The van der Waals surface area contributed by atoms with Gasteiger partial charge in [-0.15, -0.1) is 0 Å². The highest BCUT2D eigenvalue weighted by atomic mass is 16.5. The van der Waals surface area contributed by atoms with E-state index in [0.29, 0.717) is 18.7 Å². The fourth-order valence-corrected chi connectivity index (χ4v) is 3.79. The molecule has 2 saturated carbocycles. The van der Waals surface area contributed by atoms with Gasteiger partial charge in [-0.1, -0.05) is 38.5 Å². The Morgan fingerprint density at radius 1 is 1.00 bits per heavy atom. The van der Waals surface area contributed by atoms with Crippen molar-refractivity contribution in [3.05, 3.63) is 11.8 Å². The smallest absolute Gasteiger partial charge is 0.335 e. The van der Waals surface area contributed by atoms with E-state index in [1.165, 1.54) is 64.2 Å². The van der Waals surface area contributed by atoms with Crippen LogP contribution in [0.2, 0.25) is 0 Å². The van der Waals surface area contributed by atoms with Crippen molar-refractivity contribution in [2.45, 2.75) is 90.1 Å². The highest BCUT2D eigenvalue weighted by Gasteiger charge is 2.27. The van der Waals surface area contributed by atoms with E-state index in [-0.39, 0.29) is 5.97 Å². The summed E-state index contributed by atoms with van der Waals surface area (Å²) in [5.41, 5.74) is 0.757. The summed E-state index contributed by atoms with van der Waals surface area (Å²) in [6, 6.07) is 1.26. The lowest BCUT2D eigenvalue weighted by Gasteiger charge is -2.41. The number of carbonyl (C=O) groups is 1. The molecule has 3 heteroatoms. The normalized spacial score (nSPS) is 22.1. The van der Waals surface area contributed by atoms with Gasteiger partial charge in [0.2, 0.25) is 0 Å². The van der Waals surface area contributed by atoms with E-state index < -0.39 is 0 Å². The summed E-state index contributed by atoms with van der Waals surface area (Å²) >= 11 is 0. The SMILES string of the molecule is CCOC(=O)C(C)=CN(C1CCCCC1)C1CCCCC1. The molecule has 0 spiro atoms. The monoisotopic (exact) mass is 293 g/mol. The molecular weight excluding hydrogens is 262 g/mol. The summed E-state index contributed by atoms with van der Waals surface area (Å²) in [7, 11) is 0. The Bertz CT molecular complexity index is 334. The maximum atomic E-state index is 11.9. The van der Waals surface area contributed by atoms with Crippen molar-refractivity contribution in [3.63, 3.8) is 0 Å². The van der Waals surface area contributed by atoms with Crippen molar-refractivity contribution in [3.8, 4) is 0 Å². The maximum Gasteiger partial charge on any atom is 0.335 e. The number of hydrogen-bond acceptors (Lipinski definition) is 3. The molecule has 0 atom stereocenters. The third-order valence-corrected chi connectivity index (χ3v) is 4.93. The zero-order valence-corrected chi connectivity index (χ0v) is 13.8. The molecule has 0 aliphatic heterocycles. The first-order chi connectivity index (χ1) is 10.2. The average molecular weight is 293 g/mol. The van der Waals surface area contributed by atoms with Crippen molar-refractivity contribution in [2.24, 2.45) is 0 Å². The number of nitrogens with zero attached hydrogens (tertiary/aromatic N) is 1. The molecule has 0 aromatic carbocycles. The van der Waals surface area contributed by atoms with Gasteiger partial charge in [0.25, 0.3) is 0 Å². The van der Waals surface area contributed by atoms with E-state index in [2.05, 4.69) is 11.1 Å². The van der Waals surface area contributed by atoms with Crippen LogP contribution in [-0.4, -0.2) is 29.6 Å². The van der Waals surface area contributed by atoms with E-state index in [1.54, 1.807) is 0 Å². The van der Waals surface area contributed by atoms with Gasteiger partial charge in [-0.2, -0.15) is 0 Å². The number of carbonyl (C=O) groups excluding carboxylic acids is 1. The van der Waals surface area contributed by atoms with Crippen molar-refractivity contribution >= 4 is 5.97 Å². The zero-order valence-electron chi connectivity index (χ0n) is 13.8. The van der Waals surface area contributed by atoms with Gasteiger partial charge in [-0.3, -0.25) is 0 Å². The summed E-state index contributed by atoms with van der Waals surface area (Å²) < 4.78 is 5.15. The van der Waals surface area contributed by atoms with Crippen LogP contribution in [0.4, 0.5) is 0 Å². The van der Waals surface area contributed by atoms with E-state index in [0.717, 1.165) is 5.57 Å². The topological polar surface area (TPSA) is 29.5 Å². The lowest BCUT2D eigenvalue weighted by molar-refractivity contribution is -0.138. The minimum Gasteiger partial charge on any atom is -0.463 e. The lowest BCUT2D eigenvalue weighted by atomic mass is 9.89. The Hall–Kier alpha value is -0.990. The summed E-state index contributed by atoms with van der Waals surface area (Å²) in [6.45, 7) is 4.22. The van der Waals surface area contributed by atoms with E-state index in [4.69, 9.17) is 4.74 Å². The quantitative estimate of drug-likeness (QED) is 0.555. The number of rotatable bonds is 5. The predicted molar refractivity (Wildman–Crippen MR) is 86.0 cm³/mol. The van der Waals surface area contributed by atoms with Crippen LogP contribution in [-0.2, 0) is 9.53 Å². The van der Waals surface area contributed by atoms with Crippen molar-refractivity contribution < 1.29 is 9.53 Å². The van der Waals surface area contributed by atoms with Gasteiger partial charge in [-0.05, 0) is 39.5 Å². The molecule has 0 amide bonds. The third-order valence-electron chi connectivity index (χ3n) is 4.93. The van der Waals surface area contributed by atoms with E-state index in [1.807, 2.05) is 13.8 Å². The van der Waals surface area contributed by atoms with Crippen LogP contribution in [0.1, 0.15) is 78.1 Å². The maximum absolute atomic E-state index is 11.9. The molecule has 0 saturated heterocycles. The highest BCUT2D eigenvalue weighted by molar-refractivity contribution is 5.87. The van der Waals surface area contributed by atoms with Crippen LogP contribution in [0.15, 0.2) is 11.8 Å². The number of hydrogen-bond donors (Lipinski definition) is 0. The average Bonchev–Trinajstić information content (AvgIpc) is 2.54. The zero-order chi connectivity index (χ0) is 15.1. The molecule has 0 radical (unpaired) electrons. The summed E-state index contributed by atoms with van der Waals surface area (Å²) in [6.07, 6.45) is 15.3. The molecule has 2 fully saturated rings. The minimum atomic E-state index is -0.158. The molecule has 0 unspecified atom stereocenters. The number of ether oxygens (including phenoxy) is 1. The van der Waals surface area contributed by atoms with Gasteiger partial charge in [0.15, 0.2) is 0 Å². The van der Waals surface area contributed by atoms with E-state index >= 15 is 0 Å². The first kappa shape index (κ1) is 16.4. The molecule has 0 heterocycles. The first-order valence-corrected chi connectivity index (χ1v) is 8.85. The van der Waals surface area contributed by atoms with Gasteiger partial charge in [0.05, 0.1) is 6.61 Å². The van der Waals surface area contributed by atoms with Crippen LogP contribution < -0.4 is 0 Å². The first-order valence-electron chi connectivity index (χ1n) is 8.85. The van der Waals surface area contributed by atoms with Gasteiger partial charge in [-0.25, -0.2) is 4.79 Å². The molecule has 0 aromatic heterocycles. The Balaban J connectivity index is 2.09. The lowest BCUT2D eigenvalue weighted by Crippen LogP contribution is -2.42. The minimum absolute atomic E-state index is 0.158. The van der Waals surface area contributed by atoms with Gasteiger partial charge < -0.3 is 9.64 Å². The Morgan fingerprint density at radius 2 is 1.48 bits per heavy atom. The van der Waals surface area contributed by atoms with Crippen LogP contribution in [0.3, 0.4) is 0 Å². The molecule has 0 N–H and O–H groups in total. The van der Waals surface area contributed by atoms with E-state index in [9.17, 15) is 4.79 Å². The van der Waals surface area contributed by atoms with Crippen molar-refractivity contribution in [1.82, 2.24) is 4.90 Å². The van der Waals surface area contributed by atoms with Crippen LogP contribution in [0, 0.1) is 0 Å². The molecule has 2 aliphatic rings. The van der Waals surface area contributed by atoms with Gasteiger partial charge in [0.1, 0.15) is 0 Å². The Labute approximate surface area is 129 Å².